The second-order valence-electron chi connectivity index (χ2n) is 5.72. The number of rotatable bonds is 4. The maximum absolute atomic E-state index is 12.8. The normalized spacial score (nSPS) is 16.9. The number of nitrogens with one attached hydrogen (secondary N) is 1. The van der Waals surface area contributed by atoms with Gasteiger partial charge in [-0.15, -0.1) is 0 Å². The third kappa shape index (κ3) is 3.88. The van der Waals surface area contributed by atoms with Crippen LogP contribution in [0.3, 0.4) is 0 Å². The predicted octanol–water partition coefficient (Wildman–Crippen LogP) is 2.75. The number of nitrogens with zero attached hydrogens (tertiary/aromatic N) is 1. The molecule has 24 heavy (non-hydrogen) atoms. The maximum Gasteiger partial charge on any atom is 0.234 e. The van der Waals surface area contributed by atoms with Crippen molar-refractivity contribution in [2.24, 2.45) is 0 Å². The molecule has 3 rings (SSSR count). The van der Waals surface area contributed by atoms with Crippen LogP contribution < -0.4 is 4.72 Å². The van der Waals surface area contributed by atoms with Gasteiger partial charge < -0.3 is 0 Å². The van der Waals surface area contributed by atoms with Gasteiger partial charge in [-0.3, -0.25) is 0 Å². The van der Waals surface area contributed by atoms with Crippen LogP contribution >= 0.6 is 0 Å². The Balaban J connectivity index is 1.67. The molecule has 2 aromatic rings. The summed E-state index contributed by atoms with van der Waals surface area (Å²) in [5.41, 5.74) is 3.25. The van der Waals surface area contributed by atoms with Gasteiger partial charge in [0, 0.05) is 11.4 Å². The summed E-state index contributed by atoms with van der Waals surface area (Å²) in [5.74, 6) is -0.367. The smallest absolute Gasteiger partial charge is 0.208 e. The number of halogens is 1. The molecule has 0 bridgehead atoms. The first-order valence-corrected chi connectivity index (χ1v) is 8.98. The van der Waals surface area contributed by atoms with Crippen LogP contribution in [-0.4, -0.2) is 14.5 Å². The average molecular weight is 342 g/mol. The van der Waals surface area contributed by atoms with E-state index in [2.05, 4.69) is 10.8 Å². The highest BCUT2D eigenvalue weighted by atomic mass is 32.2. The first-order chi connectivity index (χ1) is 11.4. The third-order valence-electron chi connectivity index (χ3n) is 3.91. The van der Waals surface area contributed by atoms with Crippen molar-refractivity contribution < 1.29 is 12.8 Å². The standard InChI is InChI=1S/C18H15FN2O2S/c19-17-5-2-13(3-6-17)7-8-24(22,23)21-18-10-15-4-1-14(12-20)9-16(15)11-18/h1-9,18,21H,10-11H2/b8-7+. The summed E-state index contributed by atoms with van der Waals surface area (Å²) in [6.45, 7) is 0. The molecule has 6 heteroatoms. The van der Waals surface area contributed by atoms with Crippen LogP contribution in [0.1, 0.15) is 22.3 Å². The molecule has 1 aliphatic rings. The highest BCUT2D eigenvalue weighted by Gasteiger charge is 2.24. The Bertz CT molecular complexity index is 928. The van der Waals surface area contributed by atoms with Crippen LogP contribution in [-0.2, 0) is 22.9 Å². The van der Waals surface area contributed by atoms with Crippen LogP contribution in [0, 0.1) is 17.1 Å². The van der Waals surface area contributed by atoms with Crippen molar-refractivity contribution in [2.45, 2.75) is 18.9 Å². The van der Waals surface area contributed by atoms with Gasteiger partial charge in [0.05, 0.1) is 11.6 Å². The van der Waals surface area contributed by atoms with E-state index in [-0.39, 0.29) is 11.9 Å². The SMILES string of the molecule is N#Cc1ccc2c(c1)CC(NS(=O)(=O)/C=C/c1ccc(F)cc1)C2. The minimum atomic E-state index is -3.60. The van der Waals surface area contributed by atoms with E-state index in [0.29, 0.717) is 24.0 Å². The number of sulfonamides is 1. The molecule has 0 fully saturated rings. The molecule has 0 saturated heterocycles. The Labute approximate surface area is 140 Å². The first kappa shape index (κ1) is 16.4. The molecule has 0 saturated carbocycles. The predicted molar refractivity (Wildman–Crippen MR) is 89.8 cm³/mol. The molecule has 0 spiro atoms. The maximum atomic E-state index is 12.8. The van der Waals surface area contributed by atoms with Gasteiger partial charge >= 0.3 is 0 Å². The Morgan fingerprint density at radius 3 is 2.54 bits per heavy atom. The topological polar surface area (TPSA) is 70.0 Å². The van der Waals surface area contributed by atoms with Crippen LogP contribution in [0.4, 0.5) is 4.39 Å². The summed E-state index contributed by atoms with van der Waals surface area (Å²) in [7, 11) is -3.60. The molecule has 1 aliphatic carbocycles. The third-order valence-corrected chi connectivity index (χ3v) is 5.06. The first-order valence-electron chi connectivity index (χ1n) is 7.43. The second kappa shape index (κ2) is 6.56. The quantitative estimate of drug-likeness (QED) is 0.929. The van der Waals surface area contributed by atoms with Crippen LogP contribution in [0.5, 0.6) is 0 Å². The number of hydrogen-bond acceptors (Lipinski definition) is 3. The second-order valence-corrected chi connectivity index (χ2v) is 7.32. The van der Waals surface area contributed by atoms with Gasteiger partial charge in [0.25, 0.3) is 0 Å². The summed E-state index contributed by atoms with van der Waals surface area (Å²) < 4.78 is 39.8. The van der Waals surface area contributed by atoms with Crippen LogP contribution in [0.15, 0.2) is 47.9 Å². The molecule has 122 valence electrons. The Morgan fingerprint density at radius 2 is 1.83 bits per heavy atom. The molecule has 1 atom stereocenters. The van der Waals surface area contributed by atoms with Gasteiger partial charge in [-0.05, 0) is 59.9 Å². The van der Waals surface area contributed by atoms with Crippen LogP contribution in [0.25, 0.3) is 6.08 Å². The van der Waals surface area contributed by atoms with Crippen LogP contribution in [0.2, 0.25) is 0 Å². The number of benzene rings is 2. The minimum absolute atomic E-state index is 0.225. The lowest BCUT2D eigenvalue weighted by molar-refractivity contribution is 0.564. The van der Waals surface area contributed by atoms with Crippen molar-refractivity contribution in [1.82, 2.24) is 4.72 Å². The van der Waals surface area contributed by atoms with Crippen molar-refractivity contribution in [2.75, 3.05) is 0 Å². The number of fused-ring (bicyclic) bond motifs is 1. The lowest BCUT2D eigenvalue weighted by Gasteiger charge is -2.09. The molecule has 1 N–H and O–H groups in total. The number of hydrogen-bond donors (Lipinski definition) is 1. The molecular weight excluding hydrogens is 327 g/mol. The van der Waals surface area contributed by atoms with E-state index >= 15 is 0 Å². The Kier molecular flexibility index (Phi) is 4.47. The molecule has 0 aromatic heterocycles. The summed E-state index contributed by atoms with van der Waals surface area (Å²) in [4.78, 5) is 0. The highest BCUT2D eigenvalue weighted by molar-refractivity contribution is 7.92. The molecule has 1 unspecified atom stereocenters. The van der Waals surface area contributed by atoms with Gasteiger partial charge in [0.1, 0.15) is 5.82 Å². The molecule has 0 radical (unpaired) electrons. The monoisotopic (exact) mass is 342 g/mol. The van der Waals surface area contributed by atoms with Gasteiger partial charge in [-0.25, -0.2) is 17.5 Å². The Morgan fingerprint density at radius 1 is 1.12 bits per heavy atom. The minimum Gasteiger partial charge on any atom is -0.208 e. The summed E-state index contributed by atoms with van der Waals surface area (Å²) >= 11 is 0. The van der Waals surface area contributed by atoms with E-state index in [4.69, 9.17) is 5.26 Å². The van der Waals surface area contributed by atoms with Crippen molar-refractivity contribution in [1.29, 1.82) is 5.26 Å². The van der Waals surface area contributed by atoms with E-state index in [1.54, 1.807) is 12.1 Å². The molecule has 0 amide bonds. The van der Waals surface area contributed by atoms with Gasteiger partial charge in [0.15, 0.2) is 0 Å². The zero-order valence-corrected chi connectivity index (χ0v) is 13.6. The summed E-state index contributed by atoms with van der Waals surface area (Å²) in [6.07, 6.45) is 2.59. The van der Waals surface area contributed by atoms with E-state index in [9.17, 15) is 12.8 Å². The van der Waals surface area contributed by atoms with E-state index in [0.717, 1.165) is 16.5 Å². The molecule has 4 nitrogen and oxygen atoms in total. The Hall–Kier alpha value is -2.49. The van der Waals surface area contributed by atoms with Crippen molar-refractivity contribution in [3.8, 4) is 6.07 Å². The lowest BCUT2D eigenvalue weighted by Crippen LogP contribution is -2.33. The van der Waals surface area contributed by atoms with E-state index in [1.165, 1.54) is 30.3 Å². The lowest BCUT2D eigenvalue weighted by atomic mass is 10.1. The number of nitriles is 1. The van der Waals surface area contributed by atoms with Crippen molar-refractivity contribution in [3.05, 3.63) is 75.9 Å². The fraction of sp³-hybridized carbons (Fsp3) is 0.167. The summed E-state index contributed by atoms with van der Waals surface area (Å²) in [5, 5.41) is 10.0. The largest absolute Gasteiger partial charge is 0.234 e. The fourth-order valence-corrected chi connectivity index (χ4v) is 3.83. The van der Waals surface area contributed by atoms with Gasteiger partial charge in [-0.1, -0.05) is 18.2 Å². The fourth-order valence-electron chi connectivity index (χ4n) is 2.78. The van der Waals surface area contributed by atoms with Gasteiger partial charge in [0.2, 0.25) is 10.0 Å². The molecular formula is C18H15FN2O2S. The zero-order valence-electron chi connectivity index (χ0n) is 12.7. The highest BCUT2D eigenvalue weighted by Crippen LogP contribution is 2.24. The van der Waals surface area contributed by atoms with E-state index in [1.807, 2.05) is 6.07 Å². The average Bonchev–Trinajstić information content (AvgIpc) is 2.94. The summed E-state index contributed by atoms with van der Waals surface area (Å²) in [6, 6.07) is 12.9. The van der Waals surface area contributed by atoms with Crippen molar-refractivity contribution >= 4 is 16.1 Å². The van der Waals surface area contributed by atoms with Crippen molar-refractivity contribution in [3.63, 3.8) is 0 Å². The van der Waals surface area contributed by atoms with Gasteiger partial charge in [-0.2, -0.15) is 5.26 Å². The molecule has 2 aromatic carbocycles. The van der Waals surface area contributed by atoms with E-state index < -0.39 is 10.0 Å². The molecule has 0 heterocycles. The molecule has 0 aliphatic heterocycles. The zero-order chi connectivity index (χ0) is 17.2.